The fourth-order valence-electron chi connectivity index (χ4n) is 0.554. The summed E-state index contributed by atoms with van der Waals surface area (Å²) in [5.74, 6) is 0.846. The minimum absolute atomic E-state index is 0.187. The number of nitrogens with one attached hydrogen (secondary N) is 1. The predicted octanol–water partition coefficient (Wildman–Crippen LogP) is 0.235. The summed E-state index contributed by atoms with van der Waals surface area (Å²) >= 11 is 0. The first-order valence-electron chi connectivity index (χ1n) is 2.95. The third kappa shape index (κ3) is 1.38. The largest absolute Gasteiger partial charge is 0.288 e. The Kier molecular flexibility index (Phi) is 2.11. The highest BCUT2D eigenvalue weighted by molar-refractivity contribution is 5.17. The van der Waals surface area contributed by atoms with E-state index < -0.39 is 0 Å². The molecule has 0 aromatic carbocycles. The molecule has 1 aromatic heterocycles. The van der Waals surface area contributed by atoms with Gasteiger partial charge in [-0.25, -0.2) is 10.5 Å². The summed E-state index contributed by atoms with van der Waals surface area (Å²) in [6.45, 7) is 1.93. The predicted molar refractivity (Wildman–Crippen MR) is 34.6 cm³/mol. The molecule has 54 valence electrons. The third-order valence-electron chi connectivity index (χ3n) is 1.04. The molecule has 0 atom stereocenters. The molecule has 0 aliphatic carbocycles. The minimum atomic E-state index is 0.187. The van der Waals surface area contributed by atoms with Gasteiger partial charge in [-0.2, -0.15) is 9.97 Å². The molecule has 5 heteroatoms. The molecule has 2 N–H and O–H groups in total. The van der Waals surface area contributed by atoms with E-state index in [1.165, 1.54) is 6.33 Å². The van der Waals surface area contributed by atoms with E-state index in [0.29, 0.717) is 5.82 Å². The monoisotopic (exact) mass is 140 g/mol. The van der Waals surface area contributed by atoms with Crippen molar-refractivity contribution in [2.45, 2.75) is 13.3 Å². The normalized spacial score (nSPS) is 9.40. The Morgan fingerprint density at radius 1 is 1.60 bits per heavy atom. The molecule has 1 heterocycles. The number of hydrogen-bond donors (Lipinski definition) is 2. The van der Waals surface area contributed by atoms with Crippen LogP contribution in [0.4, 0.5) is 5.95 Å². The number of anilines is 1. The summed E-state index contributed by atoms with van der Waals surface area (Å²) in [6.07, 6.45) is 2.08. The molecule has 0 fully saturated rings. The lowest BCUT2D eigenvalue weighted by Crippen LogP contribution is -2.01. The van der Waals surface area contributed by atoms with Gasteiger partial charge in [-0.05, 0) is 0 Å². The molecule has 0 bridgehead atoms. The second kappa shape index (κ2) is 3.07. The van der Waals surface area contributed by atoms with Crippen LogP contribution in [0.3, 0.4) is 0 Å². The number of hydrogen-bond acceptors (Lipinski definition) is 5. The third-order valence-corrected chi connectivity index (χ3v) is 1.04. The summed E-state index contributed by atoms with van der Waals surface area (Å²) in [6, 6.07) is 0. The van der Waals surface area contributed by atoms with Crippen LogP contribution in [0, 0.1) is 0 Å². The molecular formula is C5H8N4O. The second-order valence-electron chi connectivity index (χ2n) is 1.69. The summed E-state index contributed by atoms with van der Waals surface area (Å²) in [7, 11) is 0. The van der Waals surface area contributed by atoms with Gasteiger partial charge in [0, 0.05) is 6.42 Å². The molecule has 0 radical (unpaired) electrons. The summed E-state index contributed by atoms with van der Waals surface area (Å²) < 4.78 is 0. The van der Waals surface area contributed by atoms with Gasteiger partial charge in [0.25, 0.3) is 0 Å². The van der Waals surface area contributed by atoms with Gasteiger partial charge in [-0.3, -0.25) is 5.21 Å². The Bertz CT molecular complexity index is 195. The number of nitrogens with zero attached hydrogens (tertiary/aromatic N) is 3. The quantitative estimate of drug-likeness (QED) is 0.575. The molecule has 1 aromatic rings. The van der Waals surface area contributed by atoms with Crippen LogP contribution in [0.25, 0.3) is 0 Å². The number of aromatic nitrogens is 3. The first kappa shape index (κ1) is 6.88. The van der Waals surface area contributed by atoms with Crippen LogP contribution < -0.4 is 5.48 Å². The van der Waals surface area contributed by atoms with E-state index in [1.54, 1.807) is 0 Å². The Labute approximate surface area is 58.1 Å². The average molecular weight is 140 g/mol. The minimum Gasteiger partial charge on any atom is -0.288 e. The van der Waals surface area contributed by atoms with E-state index in [-0.39, 0.29) is 5.95 Å². The lowest BCUT2D eigenvalue weighted by molar-refractivity contribution is 0.381. The maximum absolute atomic E-state index is 8.35. The van der Waals surface area contributed by atoms with Crippen molar-refractivity contribution in [1.82, 2.24) is 15.0 Å². The van der Waals surface area contributed by atoms with Crippen LogP contribution in [0.5, 0.6) is 0 Å². The van der Waals surface area contributed by atoms with Crippen LogP contribution in [-0.4, -0.2) is 20.2 Å². The van der Waals surface area contributed by atoms with Crippen LogP contribution in [-0.2, 0) is 6.42 Å². The van der Waals surface area contributed by atoms with Gasteiger partial charge in [0.2, 0.25) is 5.95 Å². The van der Waals surface area contributed by atoms with Crippen molar-refractivity contribution >= 4 is 5.95 Å². The van der Waals surface area contributed by atoms with E-state index >= 15 is 0 Å². The molecule has 0 spiro atoms. The van der Waals surface area contributed by atoms with Crippen LogP contribution in [0.2, 0.25) is 0 Å². The molecule has 0 unspecified atom stereocenters. The molecule has 1 rings (SSSR count). The maximum Gasteiger partial charge on any atom is 0.250 e. The van der Waals surface area contributed by atoms with E-state index in [1.807, 2.05) is 12.4 Å². The highest BCUT2D eigenvalue weighted by Gasteiger charge is 1.94. The maximum atomic E-state index is 8.35. The summed E-state index contributed by atoms with van der Waals surface area (Å²) in [5.41, 5.74) is 1.84. The molecule has 5 nitrogen and oxygen atoms in total. The van der Waals surface area contributed by atoms with Gasteiger partial charge < -0.3 is 0 Å². The fraction of sp³-hybridized carbons (Fsp3) is 0.400. The Hall–Kier alpha value is -1.23. The molecule has 0 saturated heterocycles. The highest BCUT2D eigenvalue weighted by Crippen LogP contribution is 1.94. The lowest BCUT2D eigenvalue weighted by Gasteiger charge is -1.96. The van der Waals surface area contributed by atoms with Crippen molar-refractivity contribution in [3.8, 4) is 0 Å². The number of rotatable bonds is 2. The van der Waals surface area contributed by atoms with E-state index in [0.717, 1.165) is 6.42 Å². The molecular weight excluding hydrogens is 132 g/mol. The van der Waals surface area contributed by atoms with Gasteiger partial charge in [0.05, 0.1) is 0 Å². The molecule has 0 aliphatic heterocycles. The Morgan fingerprint density at radius 2 is 2.40 bits per heavy atom. The van der Waals surface area contributed by atoms with E-state index in [9.17, 15) is 0 Å². The molecule has 10 heavy (non-hydrogen) atoms. The van der Waals surface area contributed by atoms with Crippen molar-refractivity contribution < 1.29 is 5.21 Å². The zero-order valence-corrected chi connectivity index (χ0v) is 5.57. The number of aryl methyl sites for hydroxylation is 1. The van der Waals surface area contributed by atoms with Gasteiger partial charge in [0.15, 0.2) is 0 Å². The summed E-state index contributed by atoms with van der Waals surface area (Å²) in [5, 5.41) is 8.35. The van der Waals surface area contributed by atoms with Crippen molar-refractivity contribution in [3.63, 3.8) is 0 Å². The van der Waals surface area contributed by atoms with Crippen molar-refractivity contribution in [2.75, 3.05) is 5.48 Å². The van der Waals surface area contributed by atoms with Crippen LogP contribution in [0.1, 0.15) is 12.7 Å². The smallest absolute Gasteiger partial charge is 0.250 e. The molecule has 0 amide bonds. The van der Waals surface area contributed by atoms with Gasteiger partial charge >= 0.3 is 0 Å². The average Bonchev–Trinajstić information content (AvgIpc) is 2.05. The van der Waals surface area contributed by atoms with E-state index in [4.69, 9.17) is 5.21 Å². The van der Waals surface area contributed by atoms with Gasteiger partial charge in [-0.1, -0.05) is 6.92 Å². The van der Waals surface area contributed by atoms with Gasteiger partial charge in [-0.15, -0.1) is 0 Å². The zero-order chi connectivity index (χ0) is 7.40. The molecule has 0 aliphatic rings. The topological polar surface area (TPSA) is 70.9 Å². The second-order valence-corrected chi connectivity index (χ2v) is 1.69. The lowest BCUT2D eigenvalue weighted by atomic mass is 10.5. The van der Waals surface area contributed by atoms with Gasteiger partial charge in [0.1, 0.15) is 12.2 Å². The van der Waals surface area contributed by atoms with Crippen molar-refractivity contribution in [3.05, 3.63) is 12.2 Å². The molecule has 0 saturated carbocycles. The van der Waals surface area contributed by atoms with Crippen LogP contribution >= 0.6 is 0 Å². The van der Waals surface area contributed by atoms with Crippen LogP contribution in [0.15, 0.2) is 6.33 Å². The zero-order valence-electron chi connectivity index (χ0n) is 5.57. The Balaban J connectivity index is 2.87. The Morgan fingerprint density at radius 3 is 3.00 bits per heavy atom. The highest BCUT2D eigenvalue weighted by atomic mass is 16.5. The van der Waals surface area contributed by atoms with Crippen molar-refractivity contribution in [1.29, 1.82) is 0 Å². The standard InChI is InChI=1S/C5H8N4O/c1-2-4-6-3-7-5(8-4)9-10/h3,10H,2H2,1H3,(H,6,7,8,9). The fourth-order valence-corrected chi connectivity index (χ4v) is 0.554. The first-order chi connectivity index (χ1) is 4.86. The SMILES string of the molecule is CCc1ncnc(NO)n1. The summed E-state index contributed by atoms with van der Waals surface area (Å²) in [4.78, 5) is 11.3. The van der Waals surface area contributed by atoms with Crippen molar-refractivity contribution in [2.24, 2.45) is 0 Å². The van der Waals surface area contributed by atoms with E-state index in [2.05, 4.69) is 15.0 Å². The first-order valence-corrected chi connectivity index (χ1v) is 2.95.